The number of ether oxygens (including phenoxy) is 1. The highest BCUT2D eigenvalue weighted by Gasteiger charge is 2.44. The van der Waals surface area contributed by atoms with E-state index in [-0.39, 0.29) is 17.9 Å². The van der Waals surface area contributed by atoms with E-state index in [4.69, 9.17) is 4.74 Å². The first-order chi connectivity index (χ1) is 9.88. The zero-order valence-electron chi connectivity index (χ0n) is 13.3. The van der Waals surface area contributed by atoms with Gasteiger partial charge >= 0.3 is 5.97 Å². The molecule has 0 saturated carbocycles. The summed E-state index contributed by atoms with van der Waals surface area (Å²) in [7, 11) is 0. The summed E-state index contributed by atoms with van der Waals surface area (Å²) in [5.74, 6) is 0.0294. The van der Waals surface area contributed by atoms with Crippen LogP contribution >= 0.6 is 0 Å². The number of anilines is 1. The lowest BCUT2D eigenvalue weighted by molar-refractivity contribution is -0.162. The van der Waals surface area contributed by atoms with Crippen LogP contribution in [0, 0.1) is 0 Å². The van der Waals surface area contributed by atoms with Crippen molar-refractivity contribution in [3.8, 4) is 0 Å². The molecular weight excluding hydrogens is 264 g/mol. The van der Waals surface area contributed by atoms with Gasteiger partial charge in [0.2, 0.25) is 0 Å². The first-order valence-corrected chi connectivity index (χ1v) is 7.74. The minimum atomic E-state index is -0.446. The third-order valence-corrected chi connectivity index (χ3v) is 4.22. The monoisotopic (exact) mass is 288 g/mol. The van der Waals surface area contributed by atoms with E-state index in [0.29, 0.717) is 0 Å². The molecule has 2 heterocycles. The summed E-state index contributed by atoms with van der Waals surface area (Å²) in [6, 6.07) is 8.17. The van der Waals surface area contributed by atoms with Crippen LogP contribution in [0.4, 0.5) is 5.69 Å². The van der Waals surface area contributed by atoms with Crippen molar-refractivity contribution in [1.82, 2.24) is 5.01 Å². The molecule has 0 spiro atoms. The van der Waals surface area contributed by atoms with Crippen molar-refractivity contribution in [2.75, 3.05) is 18.1 Å². The van der Waals surface area contributed by atoms with Crippen LogP contribution in [0.5, 0.6) is 0 Å². The predicted molar refractivity (Wildman–Crippen MR) is 83.2 cm³/mol. The number of para-hydroxylation sites is 1. The van der Waals surface area contributed by atoms with E-state index in [9.17, 15) is 4.79 Å². The Morgan fingerprint density at radius 3 is 2.67 bits per heavy atom. The molecule has 4 nitrogen and oxygen atoms in total. The number of hydrogen-bond donors (Lipinski definition) is 0. The molecular formula is C17H24N2O2. The molecule has 0 radical (unpaired) electrons. The van der Waals surface area contributed by atoms with Gasteiger partial charge in [0.1, 0.15) is 11.6 Å². The maximum atomic E-state index is 12.7. The van der Waals surface area contributed by atoms with Crippen molar-refractivity contribution < 1.29 is 9.53 Å². The van der Waals surface area contributed by atoms with E-state index in [0.717, 1.165) is 19.5 Å². The Kier molecular flexibility index (Phi) is 3.44. The Hall–Kier alpha value is -1.55. The van der Waals surface area contributed by atoms with Gasteiger partial charge in [-0.1, -0.05) is 25.1 Å². The molecule has 1 fully saturated rings. The zero-order chi connectivity index (χ0) is 15.2. The van der Waals surface area contributed by atoms with E-state index < -0.39 is 5.60 Å². The molecule has 1 saturated heterocycles. The van der Waals surface area contributed by atoms with Gasteiger partial charge in [-0.15, -0.1) is 0 Å². The van der Waals surface area contributed by atoms with Crippen molar-refractivity contribution in [2.45, 2.75) is 51.7 Å². The van der Waals surface area contributed by atoms with Crippen LogP contribution in [-0.2, 0) is 9.53 Å². The Balaban J connectivity index is 1.96. The van der Waals surface area contributed by atoms with Gasteiger partial charge in [-0.05, 0) is 38.8 Å². The summed E-state index contributed by atoms with van der Waals surface area (Å²) in [5.41, 5.74) is 2.03. The second-order valence-corrected chi connectivity index (χ2v) is 6.97. The Morgan fingerprint density at radius 2 is 1.95 bits per heavy atom. The van der Waals surface area contributed by atoms with Crippen molar-refractivity contribution >= 4 is 11.7 Å². The SMILES string of the molecule is CC1c2ccccc2N2CCCN2[C@@H]1C(=O)OC(C)(C)C. The predicted octanol–water partition coefficient (Wildman–Crippen LogP) is 2.94. The summed E-state index contributed by atoms with van der Waals surface area (Å²) < 4.78 is 5.66. The molecule has 1 aromatic carbocycles. The van der Waals surface area contributed by atoms with Gasteiger partial charge in [0.25, 0.3) is 0 Å². The van der Waals surface area contributed by atoms with Gasteiger partial charge in [0.15, 0.2) is 0 Å². The molecule has 21 heavy (non-hydrogen) atoms. The van der Waals surface area contributed by atoms with Gasteiger partial charge in [-0.25, -0.2) is 5.01 Å². The second-order valence-electron chi connectivity index (χ2n) is 6.97. The maximum Gasteiger partial charge on any atom is 0.326 e. The van der Waals surface area contributed by atoms with Crippen LogP contribution in [0.25, 0.3) is 0 Å². The molecule has 2 atom stereocenters. The minimum Gasteiger partial charge on any atom is -0.459 e. The summed E-state index contributed by atoms with van der Waals surface area (Å²) >= 11 is 0. The second kappa shape index (κ2) is 5.02. The van der Waals surface area contributed by atoms with Gasteiger partial charge < -0.3 is 9.75 Å². The van der Waals surface area contributed by atoms with Crippen LogP contribution in [0.1, 0.15) is 45.6 Å². The van der Waals surface area contributed by atoms with E-state index in [1.807, 2.05) is 26.8 Å². The first-order valence-electron chi connectivity index (χ1n) is 7.74. The summed E-state index contributed by atoms with van der Waals surface area (Å²) in [5, 5.41) is 4.45. The van der Waals surface area contributed by atoms with Gasteiger partial charge in [-0.2, -0.15) is 0 Å². The minimum absolute atomic E-state index is 0.114. The Morgan fingerprint density at radius 1 is 1.24 bits per heavy atom. The van der Waals surface area contributed by atoms with E-state index in [1.165, 1.54) is 11.3 Å². The normalized spacial score (nSPS) is 25.4. The van der Waals surface area contributed by atoms with Crippen LogP contribution in [0.15, 0.2) is 24.3 Å². The van der Waals surface area contributed by atoms with Crippen LogP contribution in [0.3, 0.4) is 0 Å². The number of hydrazine groups is 1. The average molecular weight is 288 g/mol. The summed E-state index contributed by atoms with van der Waals surface area (Å²) in [6.07, 6.45) is 1.08. The molecule has 1 unspecified atom stereocenters. The van der Waals surface area contributed by atoms with Gasteiger partial charge in [0.05, 0.1) is 5.69 Å². The van der Waals surface area contributed by atoms with Crippen molar-refractivity contribution in [1.29, 1.82) is 0 Å². The number of carbonyl (C=O) groups is 1. The number of carbonyl (C=O) groups excluding carboxylic acids is 1. The number of esters is 1. The molecule has 1 aromatic rings. The van der Waals surface area contributed by atoms with Crippen LogP contribution < -0.4 is 5.01 Å². The lowest BCUT2D eigenvalue weighted by Gasteiger charge is -2.44. The zero-order valence-corrected chi connectivity index (χ0v) is 13.3. The molecule has 0 bridgehead atoms. The lowest BCUT2D eigenvalue weighted by atomic mass is 9.89. The molecule has 2 aliphatic heterocycles. The largest absolute Gasteiger partial charge is 0.459 e. The van der Waals surface area contributed by atoms with Gasteiger partial charge in [-0.3, -0.25) is 4.79 Å². The third-order valence-electron chi connectivity index (χ3n) is 4.22. The van der Waals surface area contributed by atoms with Crippen molar-refractivity contribution in [3.05, 3.63) is 29.8 Å². The molecule has 114 valence electrons. The van der Waals surface area contributed by atoms with E-state index in [1.54, 1.807) is 0 Å². The van der Waals surface area contributed by atoms with Gasteiger partial charge in [0, 0.05) is 19.0 Å². The molecule has 2 aliphatic rings. The van der Waals surface area contributed by atoms with Crippen molar-refractivity contribution in [3.63, 3.8) is 0 Å². The Bertz CT molecular complexity index is 550. The van der Waals surface area contributed by atoms with Crippen LogP contribution in [0.2, 0.25) is 0 Å². The smallest absolute Gasteiger partial charge is 0.326 e. The first kappa shape index (κ1) is 14.4. The molecule has 0 N–H and O–H groups in total. The highest BCUT2D eigenvalue weighted by molar-refractivity contribution is 5.80. The summed E-state index contributed by atoms with van der Waals surface area (Å²) in [6.45, 7) is 9.80. The molecule has 4 heteroatoms. The number of nitrogens with zero attached hydrogens (tertiary/aromatic N) is 2. The quantitative estimate of drug-likeness (QED) is 0.744. The summed E-state index contributed by atoms with van der Waals surface area (Å²) in [4.78, 5) is 12.7. The Labute approximate surface area is 126 Å². The standard InChI is InChI=1S/C17H24N2O2/c1-12-13-8-5-6-9-14(13)18-10-7-11-19(18)15(12)16(20)21-17(2,3)4/h5-6,8-9,12,15H,7,10-11H2,1-4H3/t12?,15-/m0/s1. The number of benzene rings is 1. The highest BCUT2D eigenvalue weighted by atomic mass is 16.6. The average Bonchev–Trinajstić information content (AvgIpc) is 2.86. The molecule has 3 rings (SSSR count). The number of rotatable bonds is 1. The number of hydrogen-bond acceptors (Lipinski definition) is 4. The molecule has 0 aliphatic carbocycles. The fourth-order valence-electron chi connectivity index (χ4n) is 3.40. The number of fused-ring (bicyclic) bond motifs is 3. The lowest BCUT2D eigenvalue weighted by Crippen LogP contribution is -2.55. The third kappa shape index (κ3) is 2.53. The molecule has 0 amide bonds. The fraction of sp³-hybridized carbons (Fsp3) is 0.588. The van der Waals surface area contributed by atoms with E-state index in [2.05, 4.69) is 35.1 Å². The highest BCUT2D eigenvalue weighted by Crippen LogP contribution is 2.41. The maximum absolute atomic E-state index is 12.7. The van der Waals surface area contributed by atoms with Crippen molar-refractivity contribution in [2.24, 2.45) is 0 Å². The van der Waals surface area contributed by atoms with Crippen LogP contribution in [-0.4, -0.2) is 35.7 Å². The van der Waals surface area contributed by atoms with E-state index >= 15 is 0 Å². The molecule has 0 aromatic heterocycles. The topological polar surface area (TPSA) is 32.8 Å². The fourth-order valence-corrected chi connectivity index (χ4v) is 3.40.